The summed E-state index contributed by atoms with van der Waals surface area (Å²) in [6, 6.07) is -0.821. The minimum absolute atomic E-state index is 0.180. The van der Waals surface area contributed by atoms with Gasteiger partial charge in [0.15, 0.2) is 0 Å². The van der Waals surface area contributed by atoms with Gasteiger partial charge in [-0.1, -0.05) is 13.8 Å². The van der Waals surface area contributed by atoms with Crippen LogP contribution >= 0.6 is 0 Å². The Bertz CT molecular complexity index is 424. The normalized spacial score (nSPS) is 13.3. The van der Waals surface area contributed by atoms with Crippen LogP contribution in [0.3, 0.4) is 0 Å². The summed E-state index contributed by atoms with van der Waals surface area (Å²) in [7, 11) is 1.25. The van der Waals surface area contributed by atoms with Crippen molar-refractivity contribution < 1.29 is 23.9 Å². The van der Waals surface area contributed by atoms with E-state index in [0.717, 1.165) is 0 Å². The van der Waals surface area contributed by atoms with Crippen molar-refractivity contribution in [3.05, 3.63) is 0 Å². The van der Waals surface area contributed by atoms with E-state index in [0.29, 0.717) is 0 Å². The number of rotatable bonds is 5. The van der Waals surface area contributed by atoms with Crippen LogP contribution in [0, 0.1) is 5.92 Å². The molecule has 0 aromatic rings. The minimum Gasteiger partial charge on any atom is -0.467 e. The zero-order chi connectivity index (χ0) is 17.7. The lowest BCUT2D eigenvalue weighted by Gasteiger charge is -2.29. The zero-order valence-electron chi connectivity index (χ0n) is 14.7. The van der Waals surface area contributed by atoms with Crippen LogP contribution in [0.15, 0.2) is 0 Å². The highest BCUT2D eigenvalue weighted by Gasteiger charge is 2.35. The van der Waals surface area contributed by atoms with Gasteiger partial charge in [-0.05, 0) is 40.5 Å². The standard InChI is InChI=1S/C15H28N2O5/c1-9(2)10(16-13(20)22-14(3,4)5)11(18)17-15(6,7)12(19)21-8/h9-10H,1-8H3,(H,16,20)(H,17,18)/t10-/m0/s1. The van der Waals surface area contributed by atoms with Crippen LogP contribution in [0.1, 0.15) is 48.5 Å². The van der Waals surface area contributed by atoms with Gasteiger partial charge in [0.25, 0.3) is 0 Å². The highest BCUT2D eigenvalue weighted by Crippen LogP contribution is 2.11. The zero-order valence-corrected chi connectivity index (χ0v) is 14.7. The number of methoxy groups -OCH3 is 1. The Morgan fingerprint density at radius 2 is 1.50 bits per heavy atom. The minimum atomic E-state index is -1.19. The number of hydrogen-bond acceptors (Lipinski definition) is 5. The van der Waals surface area contributed by atoms with Gasteiger partial charge in [-0.25, -0.2) is 9.59 Å². The number of carbonyl (C=O) groups excluding carboxylic acids is 3. The van der Waals surface area contributed by atoms with Gasteiger partial charge in [-0.2, -0.15) is 0 Å². The summed E-state index contributed by atoms with van der Waals surface area (Å²) in [5.74, 6) is -1.22. The van der Waals surface area contributed by atoms with Crippen molar-refractivity contribution in [1.29, 1.82) is 0 Å². The molecular weight excluding hydrogens is 288 g/mol. The molecule has 0 rings (SSSR count). The monoisotopic (exact) mass is 316 g/mol. The van der Waals surface area contributed by atoms with Crippen molar-refractivity contribution in [3.63, 3.8) is 0 Å². The van der Waals surface area contributed by atoms with Crippen molar-refractivity contribution in [2.45, 2.75) is 65.6 Å². The molecule has 0 bridgehead atoms. The van der Waals surface area contributed by atoms with Crippen molar-refractivity contribution in [1.82, 2.24) is 10.6 Å². The molecule has 0 fully saturated rings. The third-order valence-electron chi connectivity index (χ3n) is 2.75. The maximum absolute atomic E-state index is 12.3. The van der Waals surface area contributed by atoms with Gasteiger partial charge in [-0.15, -0.1) is 0 Å². The fourth-order valence-electron chi connectivity index (χ4n) is 1.66. The summed E-state index contributed by atoms with van der Waals surface area (Å²) < 4.78 is 9.78. The Labute approximate surface area is 132 Å². The Balaban J connectivity index is 4.93. The van der Waals surface area contributed by atoms with Gasteiger partial charge < -0.3 is 20.1 Å². The van der Waals surface area contributed by atoms with E-state index in [4.69, 9.17) is 4.74 Å². The molecule has 0 aliphatic carbocycles. The van der Waals surface area contributed by atoms with Crippen molar-refractivity contribution in [3.8, 4) is 0 Å². The molecule has 0 spiro atoms. The molecule has 7 heteroatoms. The van der Waals surface area contributed by atoms with Crippen LogP contribution in [0.4, 0.5) is 4.79 Å². The van der Waals surface area contributed by atoms with Crippen LogP contribution < -0.4 is 10.6 Å². The SMILES string of the molecule is COC(=O)C(C)(C)NC(=O)[C@@H](NC(=O)OC(C)(C)C)C(C)C. The third kappa shape index (κ3) is 6.78. The first kappa shape index (κ1) is 20.2. The molecular formula is C15H28N2O5. The number of esters is 1. The summed E-state index contributed by atoms with van der Waals surface area (Å²) in [6.07, 6.45) is -0.683. The molecule has 7 nitrogen and oxygen atoms in total. The Hall–Kier alpha value is -1.79. The second-order valence-corrected chi connectivity index (χ2v) is 6.97. The molecule has 0 saturated carbocycles. The van der Waals surface area contributed by atoms with Gasteiger partial charge in [-0.3, -0.25) is 4.79 Å². The van der Waals surface area contributed by atoms with E-state index >= 15 is 0 Å². The van der Waals surface area contributed by atoms with Crippen LogP contribution in [0.5, 0.6) is 0 Å². The van der Waals surface area contributed by atoms with Gasteiger partial charge in [0.05, 0.1) is 7.11 Å². The highest BCUT2D eigenvalue weighted by molar-refractivity contribution is 5.91. The predicted octanol–water partition coefficient (Wildman–Crippen LogP) is 1.60. The van der Waals surface area contributed by atoms with Gasteiger partial charge in [0.1, 0.15) is 17.2 Å². The van der Waals surface area contributed by atoms with Crippen LogP contribution in [0.2, 0.25) is 0 Å². The summed E-state index contributed by atoms with van der Waals surface area (Å²) in [6.45, 7) is 11.8. The molecule has 0 aliphatic heterocycles. The van der Waals surface area contributed by atoms with Crippen LogP contribution in [-0.2, 0) is 19.1 Å². The molecule has 0 aromatic carbocycles. The maximum Gasteiger partial charge on any atom is 0.408 e. The van der Waals surface area contributed by atoms with E-state index in [1.54, 1.807) is 34.6 Å². The van der Waals surface area contributed by atoms with E-state index in [-0.39, 0.29) is 5.92 Å². The number of alkyl carbamates (subject to hydrolysis) is 1. The molecule has 0 saturated heterocycles. The lowest BCUT2D eigenvalue weighted by molar-refractivity contribution is -0.149. The van der Waals surface area contributed by atoms with Gasteiger partial charge >= 0.3 is 12.1 Å². The molecule has 0 unspecified atom stereocenters. The fourth-order valence-corrected chi connectivity index (χ4v) is 1.66. The fraction of sp³-hybridized carbons (Fsp3) is 0.800. The number of amides is 2. The third-order valence-corrected chi connectivity index (χ3v) is 2.75. The topological polar surface area (TPSA) is 93.7 Å². The molecule has 128 valence electrons. The van der Waals surface area contributed by atoms with E-state index in [1.807, 2.05) is 0 Å². The summed E-state index contributed by atoms with van der Waals surface area (Å²) >= 11 is 0. The Kier molecular flexibility index (Phi) is 6.86. The summed E-state index contributed by atoms with van der Waals surface area (Å²) in [4.78, 5) is 35.8. The van der Waals surface area contributed by atoms with Crippen molar-refractivity contribution in [2.24, 2.45) is 5.92 Å². The summed E-state index contributed by atoms with van der Waals surface area (Å²) in [5.41, 5.74) is -1.85. The van der Waals surface area contributed by atoms with Gasteiger partial charge in [0, 0.05) is 0 Å². The lowest BCUT2D eigenvalue weighted by atomic mass is 10.0. The maximum atomic E-state index is 12.3. The molecule has 0 aliphatic rings. The van der Waals surface area contributed by atoms with Crippen molar-refractivity contribution in [2.75, 3.05) is 7.11 Å². The second-order valence-electron chi connectivity index (χ2n) is 6.97. The van der Waals surface area contributed by atoms with E-state index < -0.39 is 35.2 Å². The highest BCUT2D eigenvalue weighted by atomic mass is 16.6. The molecule has 1 atom stereocenters. The quantitative estimate of drug-likeness (QED) is 0.751. The number of carbonyl (C=O) groups is 3. The molecule has 0 radical (unpaired) electrons. The molecule has 0 heterocycles. The average Bonchev–Trinajstić information content (AvgIpc) is 2.31. The van der Waals surface area contributed by atoms with Crippen LogP contribution in [-0.4, -0.2) is 42.3 Å². The predicted molar refractivity (Wildman–Crippen MR) is 82.2 cm³/mol. The second kappa shape index (κ2) is 7.47. The molecule has 0 aromatic heterocycles. The average molecular weight is 316 g/mol. The molecule has 22 heavy (non-hydrogen) atoms. The smallest absolute Gasteiger partial charge is 0.408 e. The van der Waals surface area contributed by atoms with E-state index in [9.17, 15) is 14.4 Å². The first-order valence-electron chi connectivity index (χ1n) is 7.20. The van der Waals surface area contributed by atoms with Crippen molar-refractivity contribution >= 4 is 18.0 Å². The Morgan fingerprint density at radius 1 is 1.00 bits per heavy atom. The van der Waals surface area contributed by atoms with E-state index in [2.05, 4.69) is 15.4 Å². The number of ether oxygens (including phenoxy) is 2. The summed E-state index contributed by atoms with van der Waals surface area (Å²) in [5, 5.41) is 5.10. The number of nitrogens with one attached hydrogen (secondary N) is 2. The largest absolute Gasteiger partial charge is 0.467 e. The Morgan fingerprint density at radius 3 is 1.86 bits per heavy atom. The molecule has 2 N–H and O–H groups in total. The first-order valence-corrected chi connectivity index (χ1v) is 7.20. The van der Waals surface area contributed by atoms with Gasteiger partial charge in [0.2, 0.25) is 5.91 Å². The number of hydrogen-bond donors (Lipinski definition) is 2. The van der Waals surface area contributed by atoms with E-state index in [1.165, 1.54) is 21.0 Å². The molecule has 2 amide bonds. The lowest BCUT2D eigenvalue weighted by Crippen LogP contribution is -2.58. The van der Waals surface area contributed by atoms with Crippen LogP contribution in [0.25, 0.3) is 0 Å². The first-order chi connectivity index (χ1) is 9.80.